The average Bonchev–Trinajstić information content (AvgIpc) is 2.86. The first-order valence-electron chi connectivity index (χ1n) is 8.08. The maximum Gasteiger partial charge on any atom is 0.276 e. The SMILES string of the molecule is COc1ccc2c(c1)c(C=NNS(=O)(=O)c1ccc(C)cc1)c(C)n2C. The van der Waals surface area contributed by atoms with Gasteiger partial charge in [-0.15, -0.1) is 0 Å². The molecule has 0 saturated carbocycles. The van der Waals surface area contributed by atoms with Crippen LogP contribution in [0.5, 0.6) is 5.75 Å². The molecule has 0 atom stereocenters. The third-order valence-electron chi connectivity index (χ3n) is 4.45. The second-order valence-electron chi connectivity index (χ2n) is 6.11. The number of rotatable bonds is 5. The van der Waals surface area contributed by atoms with Crippen LogP contribution >= 0.6 is 0 Å². The number of fused-ring (bicyclic) bond motifs is 1. The van der Waals surface area contributed by atoms with Crippen molar-refractivity contribution in [2.75, 3.05) is 7.11 Å². The van der Waals surface area contributed by atoms with Crippen molar-refractivity contribution < 1.29 is 13.2 Å². The number of sulfonamides is 1. The van der Waals surface area contributed by atoms with Gasteiger partial charge in [-0.3, -0.25) is 0 Å². The maximum atomic E-state index is 12.3. The van der Waals surface area contributed by atoms with Gasteiger partial charge in [-0.25, -0.2) is 4.83 Å². The van der Waals surface area contributed by atoms with Gasteiger partial charge in [0.1, 0.15) is 5.75 Å². The van der Waals surface area contributed by atoms with Crippen LogP contribution in [0.1, 0.15) is 16.8 Å². The van der Waals surface area contributed by atoms with E-state index >= 15 is 0 Å². The van der Waals surface area contributed by atoms with Crippen molar-refractivity contribution in [3.8, 4) is 5.75 Å². The molecule has 0 fully saturated rings. The summed E-state index contributed by atoms with van der Waals surface area (Å²) in [5.41, 5.74) is 3.83. The number of nitrogens with one attached hydrogen (secondary N) is 1. The lowest BCUT2D eigenvalue weighted by Crippen LogP contribution is -2.18. The van der Waals surface area contributed by atoms with E-state index in [0.29, 0.717) is 0 Å². The first-order valence-corrected chi connectivity index (χ1v) is 9.56. The lowest BCUT2D eigenvalue weighted by molar-refractivity contribution is 0.415. The van der Waals surface area contributed by atoms with Crippen LogP contribution in [0.25, 0.3) is 10.9 Å². The standard InChI is InChI=1S/C19H21N3O3S/c1-13-5-8-16(9-6-13)26(23,24)21-20-12-18-14(2)22(3)19-10-7-15(25-4)11-17(18)19/h5-12,21H,1-4H3. The smallest absolute Gasteiger partial charge is 0.276 e. The molecule has 1 aromatic heterocycles. The van der Waals surface area contributed by atoms with Crippen molar-refractivity contribution in [1.82, 2.24) is 9.40 Å². The van der Waals surface area contributed by atoms with Gasteiger partial charge in [-0.1, -0.05) is 17.7 Å². The number of hydrogen-bond donors (Lipinski definition) is 1. The molecule has 3 aromatic rings. The summed E-state index contributed by atoms with van der Waals surface area (Å²) in [6.45, 7) is 3.86. The Morgan fingerprint density at radius 1 is 1.12 bits per heavy atom. The summed E-state index contributed by atoms with van der Waals surface area (Å²) in [6.07, 6.45) is 1.53. The highest BCUT2D eigenvalue weighted by molar-refractivity contribution is 7.89. The Bertz CT molecular complexity index is 1080. The highest BCUT2D eigenvalue weighted by atomic mass is 32.2. The molecule has 136 valence electrons. The Labute approximate surface area is 153 Å². The lowest BCUT2D eigenvalue weighted by atomic mass is 10.1. The minimum atomic E-state index is -3.70. The van der Waals surface area contributed by atoms with Crippen molar-refractivity contribution in [3.63, 3.8) is 0 Å². The molecular weight excluding hydrogens is 350 g/mol. The largest absolute Gasteiger partial charge is 0.497 e. The van der Waals surface area contributed by atoms with E-state index in [1.165, 1.54) is 6.21 Å². The number of nitrogens with zero attached hydrogens (tertiary/aromatic N) is 2. The van der Waals surface area contributed by atoms with Gasteiger partial charge >= 0.3 is 0 Å². The highest BCUT2D eigenvalue weighted by Gasteiger charge is 2.14. The van der Waals surface area contributed by atoms with Gasteiger partial charge in [0.15, 0.2) is 0 Å². The Hall–Kier alpha value is -2.80. The van der Waals surface area contributed by atoms with Crippen LogP contribution in [0.15, 0.2) is 52.5 Å². The van der Waals surface area contributed by atoms with E-state index in [0.717, 1.165) is 33.5 Å². The fourth-order valence-corrected chi connectivity index (χ4v) is 3.59. The molecule has 0 aliphatic heterocycles. The van der Waals surface area contributed by atoms with Gasteiger partial charge in [-0.05, 0) is 44.2 Å². The molecule has 3 rings (SSSR count). The van der Waals surface area contributed by atoms with Crippen LogP contribution < -0.4 is 9.57 Å². The van der Waals surface area contributed by atoms with Crippen molar-refractivity contribution in [2.45, 2.75) is 18.7 Å². The van der Waals surface area contributed by atoms with Gasteiger partial charge in [0.2, 0.25) is 0 Å². The Balaban J connectivity index is 1.93. The molecule has 0 amide bonds. The van der Waals surface area contributed by atoms with Gasteiger partial charge in [0.25, 0.3) is 10.0 Å². The van der Waals surface area contributed by atoms with Gasteiger partial charge in [-0.2, -0.15) is 13.5 Å². The predicted molar refractivity (Wildman–Crippen MR) is 103 cm³/mol. The van der Waals surface area contributed by atoms with Gasteiger partial charge in [0.05, 0.1) is 18.2 Å². The summed E-state index contributed by atoms with van der Waals surface area (Å²) < 4.78 is 32.0. The number of aromatic nitrogens is 1. The lowest BCUT2D eigenvalue weighted by Gasteiger charge is -2.03. The molecule has 2 aromatic carbocycles. The van der Waals surface area contributed by atoms with Gasteiger partial charge < -0.3 is 9.30 Å². The Kier molecular flexibility index (Phi) is 4.73. The third kappa shape index (κ3) is 3.30. The summed E-state index contributed by atoms with van der Waals surface area (Å²) in [6, 6.07) is 12.4. The molecule has 1 heterocycles. The van der Waals surface area contributed by atoms with Gasteiger partial charge in [0, 0.05) is 29.2 Å². The number of hydrogen-bond acceptors (Lipinski definition) is 4. The van der Waals surface area contributed by atoms with Crippen molar-refractivity contribution in [3.05, 3.63) is 59.3 Å². The minimum Gasteiger partial charge on any atom is -0.497 e. The molecule has 7 heteroatoms. The fraction of sp³-hybridized carbons (Fsp3) is 0.211. The average molecular weight is 371 g/mol. The number of aryl methyl sites for hydroxylation is 2. The van der Waals surface area contributed by atoms with E-state index in [1.54, 1.807) is 31.4 Å². The predicted octanol–water partition coefficient (Wildman–Crippen LogP) is 3.12. The van der Waals surface area contributed by atoms with Crippen molar-refractivity contribution >= 4 is 27.1 Å². The van der Waals surface area contributed by atoms with Crippen molar-refractivity contribution in [1.29, 1.82) is 0 Å². The molecule has 26 heavy (non-hydrogen) atoms. The summed E-state index contributed by atoms with van der Waals surface area (Å²) in [5.74, 6) is 0.734. The first kappa shape index (κ1) is 18.0. The van der Waals surface area contributed by atoms with E-state index < -0.39 is 10.0 Å². The summed E-state index contributed by atoms with van der Waals surface area (Å²) >= 11 is 0. The van der Waals surface area contributed by atoms with E-state index in [1.807, 2.05) is 43.7 Å². The molecule has 6 nitrogen and oxygen atoms in total. The molecule has 0 aliphatic carbocycles. The monoisotopic (exact) mass is 371 g/mol. The van der Waals surface area contributed by atoms with Crippen LogP contribution in [0.4, 0.5) is 0 Å². The molecule has 1 N–H and O–H groups in total. The van der Waals surface area contributed by atoms with E-state index in [2.05, 4.69) is 9.93 Å². The normalized spacial score (nSPS) is 12.0. The molecular formula is C19H21N3O3S. The molecule has 0 radical (unpaired) electrons. The van der Waals surface area contributed by atoms with Crippen LogP contribution in [0.3, 0.4) is 0 Å². The van der Waals surface area contributed by atoms with Crippen LogP contribution in [0.2, 0.25) is 0 Å². The highest BCUT2D eigenvalue weighted by Crippen LogP contribution is 2.27. The Morgan fingerprint density at radius 3 is 2.46 bits per heavy atom. The summed E-state index contributed by atoms with van der Waals surface area (Å²) in [4.78, 5) is 2.45. The number of hydrazone groups is 1. The molecule has 0 spiro atoms. The zero-order valence-electron chi connectivity index (χ0n) is 15.1. The van der Waals surface area contributed by atoms with E-state index in [4.69, 9.17) is 4.74 Å². The maximum absolute atomic E-state index is 12.3. The topological polar surface area (TPSA) is 72.7 Å². The third-order valence-corrected chi connectivity index (χ3v) is 5.68. The second kappa shape index (κ2) is 6.84. The zero-order chi connectivity index (χ0) is 18.9. The van der Waals surface area contributed by atoms with Crippen LogP contribution in [-0.4, -0.2) is 26.3 Å². The quantitative estimate of drug-likeness (QED) is 0.553. The molecule has 0 saturated heterocycles. The van der Waals surface area contributed by atoms with E-state index in [-0.39, 0.29) is 4.90 Å². The molecule has 0 unspecified atom stereocenters. The summed E-state index contributed by atoms with van der Waals surface area (Å²) in [7, 11) is -0.131. The van der Waals surface area contributed by atoms with Crippen LogP contribution in [-0.2, 0) is 17.1 Å². The fourth-order valence-electron chi connectivity index (χ4n) is 2.80. The minimum absolute atomic E-state index is 0.177. The number of methoxy groups -OCH3 is 1. The second-order valence-corrected chi connectivity index (χ2v) is 7.77. The molecule has 0 aliphatic rings. The Morgan fingerprint density at radius 2 is 1.81 bits per heavy atom. The first-order chi connectivity index (χ1) is 12.3. The van der Waals surface area contributed by atoms with Crippen LogP contribution in [0, 0.1) is 13.8 Å². The summed E-state index contributed by atoms with van der Waals surface area (Å²) in [5, 5.41) is 4.92. The number of benzene rings is 2. The zero-order valence-corrected chi connectivity index (χ0v) is 16.0. The van der Waals surface area contributed by atoms with E-state index in [9.17, 15) is 8.42 Å². The number of ether oxygens (including phenoxy) is 1. The van der Waals surface area contributed by atoms with Crippen molar-refractivity contribution in [2.24, 2.45) is 12.1 Å². The molecule has 0 bridgehead atoms.